The van der Waals surface area contributed by atoms with Gasteiger partial charge >= 0.3 is 0 Å². The summed E-state index contributed by atoms with van der Waals surface area (Å²) >= 11 is 0. The van der Waals surface area contributed by atoms with Crippen LogP contribution in [0.15, 0.2) is 16.7 Å². The summed E-state index contributed by atoms with van der Waals surface area (Å²) in [6, 6.07) is 0. The van der Waals surface area contributed by atoms with Crippen LogP contribution >= 0.6 is 0 Å². The van der Waals surface area contributed by atoms with E-state index in [0.717, 1.165) is 12.8 Å². The molecule has 5 heteroatoms. The lowest BCUT2D eigenvalue weighted by Crippen LogP contribution is -2.27. The zero-order valence-corrected chi connectivity index (χ0v) is 11.6. The molecule has 0 aliphatic heterocycles. The number of hydrogen-bond acceptors (Lipinski definition) is 4. The number of hydrogen-bond donors (Lipinski definition) is 1. The Labute approximate surface area is 113 Å². The number of rotatable bonds is 6. The van der Waals surface area contributed by atoms with Crippen molar-refractivity contribution in [2.45, 2.75) is 45.4 Å². The first-order chi connectivity index (χ1) is 9.15. The minimum Gasteiger partial charge on any atom is -0.356 e. The molecule has 1 aromatic rings. The Kier molecular flexibility index (Phi) is 4.71. The second-order valence-corrected chi connectivity index (χ2v) is 5.27. The highest BCUT2D eigenvalue weighted by Gasteiger charge is 2.14. The van der Waals surface area contributed by atoms with Crippen LogP contribution in [0.3, 0.4) is 0 Å². The number of amides is 1. The quantitative estimate of drug-likeness (QED) is 0.799. The van der Waals surface area contributed by atoms with Crippen LogP contribution in [0.25, 0.3) is 0 Å². The van der Waals surface area contributed by atoms with Crippen molar-refractivity contribution in [2.75, 3.05) is 6.54 Å². The molecule has 0 saturated carbocycles. The average molecular weight is 263 g/mol. The Bertz CT molecular complexity index is 451. The fourth-order valence-corrected chi connectivity index (χ4v) is 2.09. The molecule has 5 nitrogen and oxygen atoms in total. The lowest BCUT2D eigenvalue weighted by Gasteiger charge is -2.07. The van der Waals surface area contributed by atoms with Crippen molar-refractivity contribution < 1.29 is 9.32 Å². The molecule has 1 amide bonds. The third kappa shape index (κ3) is 4.19. The van der Waals surface area contributed by atoms with E-state index >= 15 is 0 Å². The predicted octanol–water partition coefficient (Wildman–Crippen LogP) is 2.21. The molecule has 1 aliphatic rings. The molecule has 1 aromatic heterocycles. The van der Waals surface area contributed by atoms with E-state index in [4.69, 9.17) is 4.52 Å². The SMILES string of the molecule is CC(C)c1nc(CCNC(=O)CC2C=CCC2)no1. The van der Waals surface area contributed by atoms with Crippen molar-refractivity contribution in [1.82, 2.24) is 15.5 Å². The van der Waals surface area contributed by atoms with Crippen molar-refractivity contribution >= 4 is 5.91 Å². The van der Waals surface area contributed by atoms with E-state index in [1.54, 1.807) is 0 Å². The Morgan fingerprint density at radius 1 is 1.58 bits per heavy atom. The Morgan fingerprint density at radius 2 is 2.42 bits per heavy atom. The summed E-state index contributed by atoms with van der Waals surface area (Å²) in [6.45, 7) is 4.58. The van der Waals surface area contributed by atoms with Crippen LogP contribution in [0, 0.1) is 5.92 Å². The molecule has 19 heavy (non-hydrogen) atoms. The molecule has 1 heterocycles. The molecule has 0 aromatic carbocycles. The Balaban J connectivity index is 1.67. The minimum atomic E-state index is 0.101. The lowest BCUT2D eigenvalue weighted by atomic mass is 10.1. The molecule has 1 atom stereocenters. The van der Waals surface area contributed by atoms with Crippen LogP contribution < -0.4 is 5.32 Å². The molecule has 1 N–H and O–H groups in total. The Morgan fingerprint density at radius 3 is 3.05 bits per heavy atom. The molecular formula is C14H21N3O2. The first kappa shape index (κ1) is 13.8. The van der Waals surface area contributed by atoms with Crippen molar-refractivity contribution in [1.29, 1.82) is 0 Å². The van der Waals surface area contributed by atoms with Gasteiger partial charge < -0.3 is 9.84 Å². The minimum absolute atomic E-state index is 0.101. The summed E-state index contributed by atoms with van der Waals surface area (Å²) in [5, 5.41) is 6.79. The van der Waals surface area contributed by atoms with Gasteiger partial charge in [0.05, 0.1) is 0 Å². The molecule has 2 rings (SSSR count). The second kappa shape index (κ2) is 6.50. The number of nitrogens with zero attached hydrogens (tertiary/aromatic N) is 2. The first-order valence-electron chi connectivity index (χ1n) is 6.91. The van der Waals surface area contributed by atoms with E-state index in [0.29, 0.717) is 37.0 Å². The molecule has 1 aliphatic carbocycles. The highest BCUT2D eigenvalue weighted by molar-refractivity contribution is 5.76. The van der Waals surface area contributed by atoms with E-state index in [1.165, 1.54) is 0 Å². The van der Waals surface area contributed by atoms with Gasteiger partial charge in [-0.2, -0.15) is 4.98 Å². The van der Waals surface area contributed by atoms with E-state index < -0.39 is 0 Å². The lowest BCUT2D eigenvalue weighted by molar-refractivity contribution is -0.121. The largest absolute Gasteiger partial charge is 0.356 e. The topological polar surface area (TPSA) is 68.0 Å². The number of allylic oxidation sites excluding steroid dienone is 2. The number of carbonyl (C=O) groups excluding carboxylic acids is 1. The van der Waals surface area contributed by atoms with Crippen LogP contribution in [0.2, 0.25) is 0 Å². The molecule has 0 fully saturated rings. The van der Waals surface area contributed by atoms with Crippen molar-refractivity contribution in [2.24, 2.45) is 5.92 Å². The van der Waals surface area contributed by atoms with Gasteiger partial charge in [0.25, 0.3) is 0 Å². The Hall–Kier alpha value is -1.65. The highest BCUT2D eigenvalue weighted by atomic mass is 16.5. The van der Waals surface area contributed by atoms with Gasteiger partial charge in [0.15, 0.2) is 5.82 Å². The summed E-state index contributed by atoms with van der Waals surface area (Å²) in [4.78, 5) is 16.0. The monoisotopic (exact) mass is 263 g/mol. The molecule has 0 radical (unpaired) electrons. The highest BCUT2D eigenvalue weighted by Crippen LogP contribution is 2.19. The van der Waals surface area contributed by atoms with Gasteiger partial charge in [-0.3, -0.25) is 4.79 Å². The molecule has 1 unspecified atom stereocenters. The molecular weight excluding hydrogens is 242 g/mol. The van der Waals surface area contributed by atoms with Crippen molar-refractivity contribution in [3.05, 3.63) is 23.9 Å². The van der Waals surface area contributed by atoms with Gasteiger partial charge in [-0.15, -0.1) is 0 Å². The number of nitrogens with one attached hydrogen (secondary N) is 1. The molecule has 104 valence electrons. The van der Waals surface area contributed by atoms with E-state index in [-0.39, 0.29) is 11.8 Å². The van der Waals surface area contributed by atoms with Gasteiger partial charge in [-0.1, -0.05) is 31.2 Å². The smallest absolute Gasteiger partial charge is 0.229 e. The standard InChI is InChI=1S/C14H21N3O2/c1-10(2)14-16-12(17-19-14)7-8-15-13(18)9-11-5-3-4-6-11/h3,5,10-11H,4,6-9H2,1-2H3,(H,15,18). The third-order valence-corrected chi connectivity index (χ3v) is 3.21. The van der Waals surface area contributed by atoms with Gasteiger partial charge in [0, 0.05) is 25.3 Å². The first-order valence-corrected chi connectivity index (χ1v) is 6.91. The van der Waals surface area contributed by atoms with Crippen molar-refractivity contribution in [3.8, 4) is 0 Å². The fraction of sp³-hybridized carbons (Fsp3) is 0.643. The second-order valence-electron chi connectivity index (χ2n) is 5.27. The maximum Gasteiger partial charge on any atom is 0.229 e. The average Bonchev–Trinajstić information content (AvgIpc) is 3.00. The fourth-order valence-electron chi connectivity index (χ4n) is 2.09. The van der Waals surface area contributed by atoms with Crippen LogP contribution in [0.1, 0.15) is 50.7 Å². The zero-order chi connectivity index (χ0) is 13.7. The predicted molar refractivity (Wildman–Crippen MR) is 71.6 cm³/mol. The van der Waals surface area contributed by atoms with E-state index in [9.17, 15) is 4.79 Å². The van der Waals surface area contributed by atoms with Crippen LogP contribution in [-0.2, 0) is 11.2 Å². The zero-order valence-electron chi connectivity index (χ0n) is 11.6. The maximum atomic E-state index is 11.7. The van der Waals surface area contributed by atoms with Crippen LogP contribution in [-0.4, -0.2) is 22.6 Å². The molecule has 0 bridgehead atoms. The van der Waals surface area contributed by atoms with Gasteiger partial charge in [-0.25, -0.2) is 0 Å². The summed E-state index contributed by atoms with van der Waals surface area (Å²) < 4.78 is 5.11. The third-order valence-electron chi connectivity index (χ3n) is 3.21. The summed E-state index contributed by atoms with van der Waals surface area (Å²) in [6.07, 6.45) is 7.66. The van der Waals surface area contributed by atoms with E-state index in [1.807, 2.05) is 13.8 Å². The van der Waals surface area contributed by atoms with Crippen LogP contribution in [0.4, 0.5) is 0 Å². The van der Waals surface area contributed by atoms with Gasteiger partial charge in [0.2, 0.25) is 11.8 Å². The normalized spacial score (nSPS) is 18.2. The number of aromatic nitrogens is 2. The summed E-state index contributed by atoms with van der Waals surface area (Å²) in [7, 11) is 0. The van der Waals surface area contributed by atoms with Gasteiger partial charge in [0.1, 0.15) is 0 Å². The summed E-state index contributed by atoms with van der Waals surface area (Å²) in [5.74, 6) is 2.06. The van der Waals surface area contributed by atoms with Crippen LogP contribution in [0.5, 0.6) is 0 Å². The molecule has 0 spiro atoms. The van der Waals surface area contributed by atoms with E-state index in [2.05, 4.69) is 27.6 Å². The number of carbonyl (C=O) groups is 1. The maximum absolute atomic E-state index is 11.7. The van der Waals surface area contributed by atoms with Crippen molar-refractivity contribution in [3.63, 3.8) is 0 Å². The molecule has 0 saturated heterocycles. The van der Waals surface area contributed by atoms with Gasteiger partial charge in [-0.05, 0) is 18.8 Å². The summed E-state index contributed by atoms with van der Waals surface area (Å²) in [5.41, 5.74) is 0.